The maximum atomic E-state index is 12.3. The summed E-state index contributed by atoms with van der Waals surface area (Å²) in [5.41, 5.74) is 1.73. The molecule has 5 nitrogen and oxygen atoms in total. The molecule has 0 fully saturated rings. The zero-order valence-electron chi connectivity index (χ0n) is 13.3. The Hall–Kier alpha value is -1.40. The predicted molar refractivity (Wildman–Crippen MR) is 87.1 cm³/mol. The highest BCUT2D eigenvalue weighted by Crippen LogP contribution is 2.44. The van der Waals surface area contributed by atoms with Crippen LogP contribution in [0.5, 0.6) is 0 Å². The molecule has 0 radical (unpaired) electrons. The Kier molecular flexibility index (Phi) is 4.63. The normalized spacial score (nSPS) is 27.1. The summed E-state index contributed by atoms with van der Waals surface area (Å²) in [6.07, 6.45) is -0.592. The number of hydrogen-bond donors (Lipinski definition) is 0. The number of nitrogens with zero attached hydrogens (tertiary/aromatic N) is 2. The van der Waals surface area contributed by atoms with Crippen molar-refractivity contribution in [2.45, 2.75) is 39.3 Å². The third-order valence-corrected chi connectivity index (χ3v) is 5.39. The quantitative estimate of drug-likeness (QED) is 0.753. The highest BCUT2D eigenvalue weighted by molar-refractivity contribution is 9.10. The molecule has 1 heterocycles. The van der Waals surface area contributed by atoms with Crippen LogP contribution in [-0.2, 0) is 4.79 Å². The highest BCUT2D eigenvalue weighted by Gasteiger charge is 2.46. The average molecular weight is 369 g/mol. The van der Waals surface area contributed by atoms with Crippen molar-refractivity contribution in [3.8, 4) is 0 Å². The fourth-order valence-electron chi connectivity index (χ4n) is 3.37. The topological polar surface area (TPSA) is 60.4 Å². The minimum Gasteiger partial charge on any atom is -0.530 e. The predicted octanol–water partition coefficient (Wildman–Crippen LogP) is 2.43. The van der Waals surface area contributed by atoms with Crippen LogP contribution in [0.3, 0.4) is 0 Å². The Labute approximate surface area is 139 Å². The van der Waals surface area contributed by atoms with Crippen LogP contribution in [0.1, 0.15) is 38.8 Å². The zero-order valence-corrected chi connectivity index (χ0v) is 14.9. The fraction of sp³-hybridized carbons (Fsp3) is 0.500. The smallest absolute Gasteiger partial charge is 0.315 e. The number of benzene rings is 1. The van der Waals surface area contributed by atoms with Crippen molar-refractivity contribution >= 4 is 33.6 Å². The lowest BCUT2D eigenvalue weighted by Crippen LogP contribution is -2.60. The second-order valence-electron chi connectivity index (χ2n) is 5.95. The molecule has 6 heteroatoms. The van der Waals surface area contributed by atoms with Crippen LogP contribution in [0.15, 0.2) is 22.7 Å². The van der Waals surface area contributed by atoms with Gasteiger partial charge in [0.1, 0.15) is 11.8 Å². The molecular formula is C16H21BrN2O3. The van der Waals surface area contributed by atoms with E-state index in [2.05, 4.69) is 15.9 Å². The van der Waals surface area contributed by atoms with E-state index >= 15 is 0 Å². The van der Waals surface area contributed by atoms with E-state index in [1.807, 2.05) is 32.2 Å². The van der Waals surface area contributed by atoms with E-state index in [9.17, 15) is 14.7 Å². The average Bonchev–Trinajstić information content (AvgIpc) is 2.44. The number of quaternary nitrogens is 1. The van der Waals surface area contributed by atoms with E-state index in [-0.39, 0.29) is 22.5 Å². The van der Waals surface area contributed by atoms with Gasteiger partial charge in [0.05, 0.1) is 26.1 Å². The Balaban J connectivity index is 2.66. The molecule has 0 saturated heterocycles. The van der Waals surface area contributed by atoms with E-state index in [1.54, 1.807) is 13.8 Å². The summed E-state index contributed by atoms with van der Waals surface area (Å²) >= 11 is 3.44. The fourth-order valence-corrected chi connectivity index (χ4v) is 3.74. The Bertz CT molecular complexity index is 619. The van der Waals surface area contributed by atoms with Crippen molar-refractivity contribution < 1.29 is 14.7 Å². The standard InChI is InChI=1S/C16H21BrN2O3/c1-5-18(16(21)22)14-8-10(2)19(4,11(3)20)15-7-6-12(17)9-13(14)15/h6-7,9-10,14H,5,8H2,1-4H3/t10-,14+,19?/m0/s1. The van der Waals surface area contributed by atoms with Gasteiger partial charge >= 0.3 is 5.91 Å². The second-order valence-corrected chi connectivity index (χ2v) is 6.87. The number of fused-ring (bicyclic) bond motifs is 1. The molecule has 1 unspecified atom stereocenters. The van der Waals surface area contributed by atoms with Crippen molar-refractivity contribution in [2.75, 3.05) is 13.6 Å². The van der Waals surface area contributed by atoms with Gasteiger partial charge in [-0.3, -0.25) is 0 Å². The lowest BCUT2D eigenvalue weighted by atomic mass is 9.88. The number of rotatable bonds is 2. The van der Waals surface area contributed by atoms with Crippen molar-refractivity contribution in [2.24, 2.45) is 0 Å². The van der Waals surface area contributed by atoms with Crippen LogP contribution in [0, 0.1) is 0 Å². The number of carbonyl (C=O) groups excluding carboxylic acids is 2. The van der Waals surface area contributed by atoms with Gasteiger partial charge in [-0.05, 0) is 26.0 Å². The molecule has 1 aromatic rings. The molecule has 0 aliphatic carbocycles. The van der Waals surface area contributed by atoms with Crippen molar-refractivity contribution in [1.82, 2.24) is 9.38 Å². The van der Waals surface area contributed by atoms with Crippen LogP contribution in [0.4, 0.5) is 10.5 Å². The van der Waals surface area contributed by atoms with Gasteiger partial charge in [0.2, 0.25) is 0 Å². The first-order valence-corrected chi connectivity index (χ1v) is 8.17. The molecule has 1 aliphatic rings. The van der Waals surface area contributed by atoms with Gasteiger partial charge in [0.25, 0.3) is 0 Å². The maximum Gasteiger partial charge on any atom is 0.315 e. The third kappa shape index (κ3) is 2.54. The first kappa shape index (κ1) is 17.0. The largest absolute Gasteiger partial charge is 0.530 e. The van der Waals surface area contributed by atoms with E-state index in [0.29, 0.717) is 13.0 Å². The number of hydrogen-bond acceptors (Lipinski definition) is 3. The summed E-state index contributed by atoms with van der Waals surface area (Å²) in [4.78, 5) is 25.1. The van der Waals surface area contributed by atoms with Crippen molar-refractivity contribution in [1.29, 1.82) is 0 Å². The Morgan fingerprint density at radius 3 is 2.59 bits per heavy atom. The molecule has 0 aromatic heterocycles. The van der Waals surface area contributed by atoms with Crippen LogP contribution in [0.25, 0.3) is 0 Å². The second kappa shape index (κ2) is 6.01. The third-order valence-electron chi connectivity index (χ3n) is 4.90. The Morgan fingerprint density at radius 2 is 2.09 bits per heavy atom. The summed E-state index contributed by atoms with van der Waals surface area (Å²) in [6, 6.07) is 5.42. The molecule has 120 valence electrons. The van der Waals surface area contributed by atoms with Gasteiger partial charge in [-0.2, -0.15) is 0 Å². The number of halogens is 1. The molecule has 2 amide bonds. The molecule has 0 N–H and O–H groups in total. The van der Waals surface area contributed by atoms with Gasteiger partial charge in [-0.1, -0.05) is 15.9 Å². The summed E-state index contributed by atoms with van der Waals surface area (Å²) in [5.74, 6) is 0.0472. The van der Waals surface area contributed by atoms with Crippen molar-refractivity contribution in [3.63, 3.8) is 0 Å². The van der Waals surface area contributed by atoms with E-state index < -0.39 is 6.09 Å². The number of amides is 2. The minimum absolute atomic E-state index is 0.00965. The molecule has 1 aliphatic heterocycles. The van der Waals surface area contributed by atoms with Crippen LogP contribution in [0.2, 0.25) is 0 Å². The van der Waals surface area contributed by atoms with Gasteiger partial charge in [-0.25, -0.2) is 9.28 Å². The molecule has 2 rings (SSSR count). The maximum absolute atomic E-state index is 12.3. The molecule has 0 saturated carbocycles. The zero-order chi connectivity index (χ0) is 16.7. The van der Waals surface area contributed by atoms with Gasteiger partial charge < -0.3 is 14.8 Å². The minimum atomic E-state index is -1.18. The van der Waals surface area contributed by atoms with E-state index in [4.69, 9.17) is 0 Å². The van der Waals surface area contributed by atoms with Crippen molar-refractivity contribution in [3.05, 3.63) is 28.2 Å². The molecule has 0 spiro atoms. The Morgan fingerprint density at radius 1 is 1.45 bits per heavy atom. The lowest BCUT2D eigenvalue weighted by Gasteiger charge is -2.46. The van der Waals surface area contributed by atoms with E-state index in [1.165, 1.54) is 4.90 Å². The van der Waals surface area contributed by atoms with Crippen LogP contribution < -0.4 is 9.59 Å². The monoisotopic (exact) mass is 368 g/mol. The molecule has 22 heavy (non-hydrogen) atoms. The molecule has 0 bridgehead atoms. The molecular weight excluding hydrogens is 348 g/mol. The molecule has 1 aromatic carbocycles. The van der Waals surface area contributed by atoms with Gasteiger partial charge in [0, 0.05) is 29.1 Å². The first-order chi connectivity index (χ1) is 10.2. The van der Waals surface area contributed by atoms with Gasteiger partial charge in [-0.15, -0.1) is 0 Å². The number of carbonyl (C=O) groups is 2. The summed E-state index contributed by atoms with van der Waals surface area (Å²) < 4.78 is 1.05. The van der Waals surface area contributed by atoms with Crippen LogP contribution in [-0.4, -0.2) is 36.5 Å². The highest BCUT2D eigenvalue weighted by atomic mass is 79.9. The van der Waals surface area contributed by atoms with E-state index in [0.717, 1.165) is 15.7 Å². The summed E-state index contributed by atoms with van der Waals surface area (Å²) in [6.45, 7) is 5.72. The van der Waals surface area contributed by atoms with Gasteiger partial charge in [0.15, 0.2) is 0 Å². The molecule has 3 atom stereocenters. The summed E-state index contributed by atoms with van der Waals surface area (Å²) in [7, 11) is 1.89. The SMILES string of the molecule is CCN(C(=O)[O-])[C@@H]1C[C@H](C)[N+](C)(C(C)=O)c2ccc(Br)cc21. The lowest BCUT2D eigenvalue weighted by molar-refractivity contribution is -0.268. The van der Waals surface area contributed by atoms with Crippen LogP contribution >= 0.6 is 15.9 Å². The number of carboxylic acid groups (broad SMARTS) is 1. The summed E-state index contributed by atoms with van der Waals surface area (Å²) in [5, 5.41) is 11.5. The first-order valence-electron chi connectivity index (χ1n) is 7.38.